The first-order valence-corrected chi connectivity index (χ1v) is 12.2. The molecule has 0 atom stereocenters. The lowest BCUT2D eigenvalue weighted by atomic mass is 10.2. The van der Waals surface area contributed by atoms with Gasteiger partial charge in [-0.1, -0.05) is 76.4 Å². The minimum atomic E-state index is -0.278. The summed E-state index contributed by atoms with van der Waals surface area (Å²) in [5.74, 6) is 0.332. The first kappa shape index (κ1) is 23.9. The average molecular weight is 538 g/mol. The maximum atomic E-state index is 12.6. The van der Waals surface area contributed by atoms with Crippen molar-refractivity contribution in [2.75, 3.05) is 11.1 Å². The second-order valence-corrected chi connectivity index (χ2v) is 9.64. The van der Waals surface area contributed by atoms with Crippen LogP contribution in [0, 0.1) is 6.92 Å². The highest BCUT2D eigenvalue weighted by Gasteiger charge is 2.20. The molecular formula is C23H16Cl4N4OS. The maximum absolute atomic E-state index is 12.6. The van der Waals surface area contributed by atoms with E-state index in [-0.39, 0.29) is 11.7 Å². The van der Waals surface area contributed by atoms with E-state index in [9.17, 15) is 4.79 Å². The van der Waals surface area contributed by atoms with Crippen molar-refractivity contribution in [1.82, 2.24) is 14.8 Å². The first-order valence-electron chi connectivity index (χ1n) is 9.68. The highest BCUT2D eigenvalue weighted by Crippen LogP contribution is 2.34. The van der Waals surface area contributed by atoms with Crippen molar-refractivity contribution in [2.45, 2.75) is 12.1 Å². The van der Waals surface area contributed by atoms with Crippen molar-refractivity contribution in [1.29, 1.82) is 0 Å². The number of rotatable bonds is 6. The van der Waals surface area contributed by atoms with Crippen LogP contribution in [0.4, 0.5) is 5.69 Å². The van der Waals surface area contributed by atoms with E-state index in [0.29, 0.717) is 42.3 Å². The molecule has 1 amide bonds. The molecule has 4 aromatic rings. The van der Waals surface area contributed by atoms with Crippen LogP contribution in [0.3, 0.4) is 0 Å². The van der Waals surface area contributed by atoms with Gasteiger partial charge in [-0.2, -0.15) is 0 Å². The van der Waals surface area contributed by atoms with Gasteiger partial charge >= 0.3 is 0 Å². The fourth-order valence-electron chi connectivity index (χ4n) is 3.13. The molecule has 1 heterocycles. The summed E-state index contributed by atoms with van der Waals surface area (Å²) in [5, 5.41) is 13.7. The minimum absolute atomic E-state index is 0.0693. The Balaban J connectivity index is 1.66. The first-order chi connectivity index (χ1) is 15.8. The van der Waals surface area contributed by atoms with Crippen molar-refractivity contribution in [3.63, 3.8) is 0 Å². The zero-order valence-corrected chi connectivity index (χ0v) is 21.0. The zero-order valence-electron chi connectivity index (χ0n) is 17.2. The smallest absolute Gasteiger partial charge is 0.234 e. The van der Waals surface area contributed by atoms with Gasteiger partial charge in [0.2, 0.25) is 5.91 Å². The number of hydrogen-bond acceptors (Lipinski definition) is 4. The van der Waals surface area contributed by atoms with E-state index >= 15 is 0 Å². The average Bonchev–Trinajstić information content (AvgIpc) is 3.18. The van der Waals surface area contributed by atoms with Gasteiger partial charge in [0.05, 0.1) is 26.5 Å². The molecule has 0 aliphatic heterocycles. The van der Waals surface area contributed by atoms with Crippen LogP contribution in [-0.4, -0.2) is 26.4 Å². The van der Waals surface area contributed by atoms with Crippen LogP contribution < -0.4 is 5.32 Å². The summed E-state index contributed by atoms with van der Waals surface area (Å²) in [6.45, 7) is 2.00. The third-order valence-corrected chi connectivity index (χ3v) is 6.73. The molecule has 0 saturated heterocycles. The molecule has 0 radical (unpaired) electrons. The van der Waals surface area contributed by atoms with E-state index in [0.717, 1.165) is 11.3 Å². The summed E-state index contributed by atoms with van der Waals surface area (Å²) in [5.41, 5.74) is 2.96. The molecule has 0 unspecified atom stereocenters. The molecule has 1 aromatic heterocycles. The number of nitrogens with zero attached hydrogens (tertiary/aromatic N) is 3. The van der Waals surface area contributed by atoms with Crippen LogP contribution in [0.25, 0.3) is 17.1 Å². The molecule has 168 valence electrons. The van der Waals surface area contributed by atoms with Crippen molar-refractivity contribution < 1.29 is 4.79 Å². The van der Waals surface area contributed by atoms with Crippen LogP contribution in [-0.2, 0) is 4.79 Å². The number of thioether (sulfide) groups is 1. The largest absolute Gasteiger partial charge is 0.323 e. The van der Waals surface area contributed by atoms with Crippen LogP contribution >= 0.6 is 58.2 Å². The Labute approximate surface area is 215 Å². The summed E-state index contributed by atoms with van der Waals surface area (Å²) in [6, 6.07) is 18.1. The number of amides is 1. The Morgan fingerprint density at radius 3 is 2.36 bits per heavy atom. The van der Waals surface area contributed by atoms with E-state index < -0.39 is 0 Å². The summed E-state index contributed by atoms with van der Waals surface area (Å²) in [7, 11) is 0. The molecular weight excluding hydrogens is 522 g/mol. The third-order valence-electron chi connectivity index (χ3n) is 4.62. The second kappa shape index (κ2) is 10.4. The van der Waals surface area contributed by atoms with E-state index in [2.05, 4.69) is 15.5 Å². The topological polar surface area (TPSA) is 59.8 Å². The standard InChI is InChI=1S/C23H16Cl4N4OS/c1-13-4-2-5-15(10-13)31-22(16-9-8-14(24)11-19(16)27)29-30-23(31)33-12-20(32)28-21-17(25)6-3-7-18(21)26/h2-11H,12H2,1H3,(H,28,32). The van der Waals surface area contributed by atoms with Gasteiger partial charge in [0.15, 0.2) is 11.0 Å². The number of anilines is 1. The molecule has 4 rings (SSSR count). The number of hydrogen-bond donors (Lipinski definition) is 1. The van der Waals surface area contributed by atoms with E-state index in [1.165, 1.54) is 11.8 Å². The highest BCUT2D eigenvalue weighted by molar-refractivity contribution is 7.99. The van der Waals surface area contributed by atoms with Gasteiger partial charge < -0.3 is 5.32 Å². The summed E-state index contributed by atoms with van der Waals surface area (Å²) in [6.07, 6.45) is 0. The molecule has 0 aliphatic rings. The lowest BCUT2D eigenvalue weighted by Gasteiger charge is -2.12. The van der Waals surface area contributed by atoms with Gasteiger partial charge in [-0.3, -0.25) is 9.36 Å². The van der Waals surface area contributed by atoms with E-state index in [1.54, 1.807) is 36.4 Å². The summed E-state index contributed by atoms with van der Waals surface area (Å²) >= 11 is 26.1. The van der Waals surface area contributed by atoms with Crippen LogP contribution in [0.2, 0.25) is 20.1 Å². The number of aromatic nitrogens is 3. The molecule has 0 saturated carbocycles. The number of aryl methyl sites for hydroxylation is 1. The molecule has 10 heteroatoms. The summed E-state index contributed by atoms with van der Waals surface area (Å²) < 4.78 is 1.86. The van der Waals surface area contributed by atoms with Gasteiger partial charge in [-0.15, -0.1) is 10.2 Å². The Hall–Kier alpha value is -2.22. The second-order valence-electron chi connectivity index (χ2n) is 7.04. The predicted molar refractivity (Wildman–Crippen MR) is 137 cm³/mol. The molecule has 3 aromatic carbocycles. The van der Waals surface area contributed by atoms with Crippen molar-refractivity contribution in [3.05, 3.63) is 86.3 Å². The lowest BCUT2D eigenvalue weighted by Crippen LogP contribution is -2.15. The Morgan fingerprint density at radius 2 is 1.67 bits per heavy atom. The Morgan fingerprint density at radius 1 is 0.939 bits per heavy atom. The highest BCUT2D eigenvalue weighted by atomic mass is 35.5. The van der Waals surface area contributed by atoms with Crippen molar-refractivity contribution >= 4 is 69.8 Å². The fourth-order valence-corrected chi connectivity index (χ4v) is 4.87. The van der Waals surface area contributed by atoms with Crippen molar-refractivity contribution in [3.8, 4) is 17.1 Å². The monoisotopic (exact) mass is 536 g/mol. The van der Waals surface area contributed by atoms with Crippen molar-refractivity contribution in [2.24, 2.45) is 0 Å². The van der Waals surface area contributed by atoms with Crippen LogP contribution in [0.5, 0.6) is 0 Å². The van der Waals surface area contributed by atoms with Gasteiger partial charge in [0.25, 0.3) is 0 Å². The minimum Gasteiger partial charge on any atom is -0.323 e. The zero-order chi connectivity index (χ0) is 23.5. The number of benzene rings is 3. The quantitative estimate of drug-likeness (QED) is 0.257. The predicted octanol–water partition coefficient (Wildman–Crippen LogP) is 7.59. The van der Waals surface area contributed by atoms with E-state index in [1.807, 2.05) is 35.8 Å². The number of halogens is 4. The van der Waals surface area contributed by atoms with Crippen LogP contribution in [0.1, 0.15) is 5.56 Å². The molecule has 0 aliphatic carbocycles. The SMILES string of the molecule is Cc1cccc(-n2c(SCC(=O)Nc3c(Cl)cccc3Cl)nnc2-c2ccc(Cl)cc2Cl)c1. The number of carbonyl (C=O) groups excluding carboxylic acids is 1. The molecule has 5 nitrogen and oxygen atoms in total. The summed E-state index contributed by atoms with van der Waals surface area (Å²) in [4.78, 5) is 12.6. The lowest BCUT2D eigenvalue weighted by molar-refractivity contribution is -0.113. The van der Waals surface area contributed by atoms with Gasteiger partial charge in [0.1, 0.15) is 0 Å². The number of carbonyl (C=O) groups is 1. The number of nitrogens with one attached hydrogen (secondary N) is 1. The third kappa shape index (κ3) is 5.48. The normalized spacial score (nSPS) is 10.9. The van der Waals surface area contributed by atoms with Gasteiger partial charge in [-0.05, 0) is 55.0 Å². The van der Waals surface area contributed by atoms with Gasteiger partial charge in [-0.25, -0.2) is 0 Å². The molecule has 0 fully saturated rings. The Kier molecular flexibility index (Phi) is 7.51. The fraction of sp³-hybridized carbons (Fsp3) is 0.0870. The van der Waals surface area contributed by atoms with E-state index in [4.69, 9.17) is 46.4 Å². The number of para-hydroxylation sites is 1. The molecule has 33 heavy (non-hydrogen) atoms. The van der Waals surface area contributed by atoms with Gasteiger partial charge in [0, 0.05) is 16.3 Å². The molecule has 0 spiro atoms. The molecule has 1 N–H and O–H groups in total. The van der Waals surface area contributed by atoms with Crippen LogP contribution in [0.15, 0.2) is 65.8 Å². The molecule has 0 bridgehead atoms. The maximum Gasteiger partial charge on any atom is 0.234 e. The Bertz CT molecular complexity index is 1320.